The summed E-state index contributed by atoms with van der Waals surface area (Å²) in [4.78, 5) is 7.46. The van der Waals surface area contributed by atoms with Crippen LogP contribution in [0.15, 0.2) is 47.5 Å². The SMILES string of the molecule is Clc1ccc2c(c1)/C(=N\CCN1CCOCC1)c1ccccc1CC2. The average molecular weight is 355 g/mol. The Bertz CT molecular complexity index is 781. The monoisotopic (exact) mass is 354 g/mol. The summed E-state index contributed by atoms with van der Waals surface area (Å²) < 4.78 is 5.43. The molecule has 2 aromatic carbocycles. The van der Waals surface area contributed by atoms with E-state index in [1.807, 2.05) is 6.07 Å². The summed E-state index contributed by atoms with van der Waals surface area (Å²) in [6.07, 6.45) is 2.08. The van der Waals surface area contributed by atoms with Gasteiger partial charge in [-0.15, -0.1) is 0 Å². The first-order valence-corrected chi connectivity index (χ1v) is 9.41. The molecule has 1 aliphatic carbocycles. The maximum absolute atomic E-state index is 6.30. The number of hydrogen-bond acceptors (Lipinski definition) is 3. The largest absolute Gasteiger partial charge is 0.379 e. The van der Waals surface area contributed by atoms with Crippen LogP contribution in [0.3, 0.4) is 0 Å². The predicted octanol–water partition coefficient (Wildman–Crippen LogP) is 3.61. The molecule has 4 heteroatoms. The van der Waals surface area contributed by atoms with Crippen LogP contribution in [0.5, 0.6) is 0 Å². The van der Waals surface area contributed by atoms with Crippen LogP contribution in [0.1, 0.15) is 22.3 Å². The van der Waals surface area contributed by atoms with Crippen molar-refractivity contribution in [2.24, 2.45) is 4.99 Å². The molecule has 1 heterocycles. The Balaban J connectivity index is 1.66. The molecular formula is C21H23ClN2O. The van der Waals surface area contributed by atoms with E-state index in [2.05, 4.69) is 41.3 Å². The number of rotatable bonds is 3. The Morgan fingerprint density at radius 1 is 0.960 bits per heavy atom. The molecule has 0 N–H and O–H groups in total. The fourth-order valence-corrected chi connectivity index (χ4v) is 3.84. The van der Waals surface area contributed by atoms with Crippen molar-refractivity contribution < 1.29 is 4.74 Å². The lowest BCUT2D eigenvalue weighted by Gasteiger charge is -2.25. The number of hydrogen-bond donors (Lipinski definition) is 0. The van der Waals surface area contributed by atoms with Gasteiger partial charge in [-0.2, -0.15) is 0 Å². The van der Waals surface area contributed by atoms with Gasteiger partial charge in [0.1, 0.15) is 0 Å². The van der Waals surface area contributed by atoms with Gasteiger partial charge in [0.25, 0.3) is 0 Å². The molecule has 3 nitrogen and oxygen atoms in total. The van der Waals surface area contributed by atoms with Gasteiger partial charge < -0.3 is 4.74 Å². The highest BCUT2D eigenvalue weighted by molar-refractivity contribution is 6.31. The Morgan fingerprint density at radius 2 is 1.72 bits per heavy atom. The van der Waals surface area contributed by atoms with Crippen molar-refractivity contribution in [3.63, 3.8) is 0 Å². The number of morpholine rings is 1. The highest BCUT2D eigenvalue weighted by Crippen LogP contribution is 2.27. The van der Waals surface area contributed by atoms with Crippen LogP contribution in [0.4, 0.5) is 0 Å². The van der Waals surface area contributed by atoms with Crippen molar-refractivity contribution in [1.82, 2.24) is 4.90 Å². The third-order valence-electron chi connectivity index (χ3n) is 5.05. The maximum Gasteiger partial charge on any atom is 0.0725 e. The minimum absolute atomic E-state index is 0.777. The maximum atomic E-state index is 6.30. The fraction of sp³-hybridized carbons (Fsp3) is 0.381. The molecule has 25 heavy (non-hydrogen) atoms. The zero-order chi connectivity index (χ0) is 17.1. The summed E-state index contributed by atoms with van der Waals surface area (Å²) >= 11 is 6.30. The second-order valence-corrected chi connectivity index (χ2v) is 7.08. The molecule has 130 valence electrons. The predicted molar refractivity (Wildman–Crippen MR) is 103 cm³/mol. The van der Waals surface area contributed by atoms with E-state index in [1.165, 1.54) is 22.3 Å². The molecule has 0 saturated carbocycles. The Morgan fingerprint density at radius 3 is 2.56 bits per heavy atom. The van der Waals surface area contributed by atoms with Crippen LogP contribution in [0, 0.1) is 0 Å². The molecule has 0 bridgehead atoms. The van der Waals surface area contributed by atoms with Gasteiger partial charge in [0, 0.05) is 35.8 Å². The van der Waals surface area contributed by atoms with E-state index in [9.17, 15) is 0 Å². The molecular weight excluding hydrogens is 332 g/mol. The second kappa shape index (κ2) is 7.69. The number of halogens is 1. The second-order valence-electron chi connectivity index (χ2n) is 6.64. The van der Waals surface area contributed by atoms with Crippen LogP contribution in [-0.2, 0) is 17.6 Å². The third kappa shape index (κ3) is 3.79. The smallest absolute Gasteiger partial charge is 0.0725 e. The van der Waals surface area contributed by atoms with Crippen LogP contribution >= 0.6 is 11.6 Å². The van der Waals surface area contributed by atoms with Crippen molar-refractivity contribution in [1.29, 1.82) is 0 Å². The first kappa shape index (κ1) is 16.8. The molecule has 0 atom stereocenters. The number of benzene rings is 2. The van der Waals surface area contributed by atoms with E-state index in [4.69, 9.17) is 21.3 Å². The van der Waals surface area contributed by atoms with Gasteiger partial charge in [0.15, 0.2) is 0 Å². The summed E-state index contributed by atoms with van der Waals surface area (Å²) in [5.74, 6) is 0. The van der Waals surface area contributed by atoms with Gasteiger partial charge in [0.05, 0.1) is 25.5 Å². The number of ether oxygens (including phenoxy) is 1. The summed E-state index contributed by atoms with van der Waals surface area (Å²) in [7, 11) is 0. The van der Waals surface area contributed by atoms with Gasteiger partial charge in [-0.3, -0.25) is 9.89 Å². The Hall–Kier alpha value is -1.68. The highest BCUT2D eigenvalue weighted by atomic mass is 35.5. The van der Waals surface area contributed by atoms with E-state index < -0.39 is 0 Å². The normalized spacial score (nSPS) is 19.3. The highest BCUT2D eigenvalue weighted by Gasteiger charge is 2.19. The molecule has 0 spiro atoms. The van der Waals surface area contributed by atoms with Gasteiger partial charge in [-0.25, -0.2) is 0 Å². The Kier molecular flexibility index (Phi) is 5.16. The molecule has 0 unspecified atom stereocenters. The van der Waals surface area contributed by atoms with E-state index in [1.54, 1.807) is 0 Å². The van der Waals surface area contributed by atoms with Crippen molar-refractivity contribution in [3.8, 4) is 0 Å². The van der Waals surface area contributed by atoms with Gasteiger partial charge in [0.2, 0.25) is 0 Å². The lowest BCUT2D eigenvalue weighted by atomic mass is 9.98. The van der Waals surface area contributed by atoms with Crippen LogP contribution in [0.25, 0.3) is 0 Å². The minimum atomic E-state index is 0.777. The molecule has 2 aromatic rings. The zero-order valence-electron chi connectivity index (χ0n) is 14.4. The molecule has 2 aliphatic rings. The first-order chi connectivity index (χ1) is 12.3. The number of aryl methyl sites for hydroxylation is 2. The van der Waals surface area contributed by atoms with Crippen molar-refractivity contribution in [2.45, 2.75) is 12.8 Å². The zero-order valence-corrected chi connectivity index (χ0v) is 15.1. The molecule has 0 amide bonds. The van der Waals surface area contributed by atoms with Gasteiger partial charge in [-0.1, -0.05) is 41.9 Å². The molecule has 1 aliphatic heterocycles. The standard InChI is InChI=1S/C21H23ClN2O/c22-18-8-7-17-6-5-16-3-1-2-4-19(16)21(20(17)15-18)23-9-10-24-11-13-25-14-12-24/h1-4,7-8,15H,5-6,9-14H2/b23-21-. The van der Waals surface area contributed by atoms with Crippen LogP contribution < -0.4 is 0 Å². The fourth-order valence-electron chi connectivity index (χ4n) is 3.67. The molecule has 1 saturated heterocycles. The van der Waals surface area contributed by atoms with E-state index in [0.29, 0.717) is 0 Å². The molecule has 0 aromatic heterocycles. The van der Waals surface area contributed by atoms with Crippen LogP contribution in [0.2, 0.25) is 5.02 Å². The quantitative estimate of drug-likeness (QED) is 0.841. The molecule has 4 rings (SSSR count). The summed E-state index contributed by atoms with van der Waals surface area (Å²) in [6.45, 7) is 5.45. The lowest BCUT2D eigenvalue weighted by molar-refractivity contribution is 0.0394. The molecule has 1 fully saturated rings. The topological polar surface area (TPSA) is 24.8 Å². The van der Waals surface area contributed by atoms with E-state index in [-0.39, 0.29) is 0 Å². The Labute approximate surface area is 154 Å². The van der Waals surface area contributed by atoms with E-state index in [0.717, 1.165) is 63.0 Å². The van der Waals surface area contributed by atoms with Crippen molar-refractivity contribution in [2.75, 3.05) is 39.4 Å². The lowest BCUT2D eigenvalue weighted by Crippen LogP contribution is -2.37. The number of aliphatic imine (C=N–C) groups is 1. The van der Waals surface area contributed by atoms with Crippen molar-refractivity contribution in [3.05, 3.63) is 69.7 Å². The summed E-state index contributed by atoms with van der Waals surface area (Å²) in [5, 5.41) is 0.777. The van der Waals surface area contributed by atoms with Crippen molar-refractivity contribution >= 4 is 17.3 Å². The third-order valence-corrected chi connectivity index (χ3v) is 5.29. The van der Waals surface area contributed by atoms with Gasteiger partial charge in [-0.05, 0) is 36.1 Å². The minimum Gasteiger partial charge on any atom is -0.379 e. The molecule has 0 radical (unpaired) electrons. The summed E-state index contributed by atoms with van der Waals surface area (Å²) in [6, 6.07) is 14.9. The first-order valence-electron chi connectivity index (χ1n) is 9.03. The van der Waals surface area contributed by atoms with Gasteiger partial charge >= 0.3 is 0 Å². The number of nitrogens with zero attached hydrogens (tertiary/aromatic N) is 2. The van der Waals surface area contributed by atoms with Crippen LogP contribution in [-0.4, -0.2) is 50.0 Å². The summed E-state index contributed by atoms with van der Waals surface area (Å²) in [5.41, 5.74) is 6.26. The average Bonchev–Trinajstić information content (AvgIpc) is 2.80. The van der Waals surface area contributed by atoms with E-state index >= 15 is 0 Å². The number of fused-ring (bicyclic) bond motifs is 2.